The molecule has 0 bridgehead atoms. The van der Waals surface area contributed by atoms with Gasteiger partial charge in [-0.15, -0.1) is 11.3 Å². The summed E-state index contributed by atoms with van der Waals surface area (Å²) in [6.45, 7) is 2.28. The molecule has 6 nitrogen and oxygen atoms in total. The Morgan fingerprint density at radius 3 is 2.77 bits per heavy atom. The van der Waals surface area contributed by atoms with Gasteiger partial charge in [0.15, 0.2) is 10.8 Å². The van der Waals surface area contributed by atoms with E-state index in [1.165, 1.54) is 11.3 Å². The highest BCUT2D eigenvalue weighted by atomic mass is 32.1. The van der Waals surface area contributed by atoms with Crippen LogP contribution in [0, 0.1) is 6.92 Å². The first-order valence-corrected chi connectivity index (χ1v) is 7.54. The Balaban J connectivity index is 1.67. The molecule has 22 heavy (non-hydrogen) atoms. The highest BCUT2D eigenvalue weighted by Gasteiger charge is 2.13. The van der Waals surface area contributed by atoms with Crippen molar-refractivity contribution in [2.75, 3.05) is 0 Å². The van der Waals surface area contributed by atoms with E-state index in [9.17, 15) is 4.79 Å². The normalized spacial score (nSPS) is 10.4. The van der Waals surface area contributed by atoms with Crippen LogP contribution in [0.5, 0.6) is 0 Å². The number of amides is 1. The molecular formula is C15H13N5OS. The molecule has 0 fully saturated rings. The van der Waals surface area contributed by atoms with Gasteiger partial charge < -0.3 is 5.32 Å². The summed E-state index contributed by atoms with van der Waals surface area (Å²) in [5, 5.41) is 5.13. The Hall–Kier alpha value is -2.67. The number of nitrogens with one attached hydrogen (secondary N) is 1. The molecular weight excluding hydrogens is 298 g/mol. The fraction of sp³-hybridized carbons (Fsp3) is 0.133. The fourth-order valence-corrected chi connectivity index (χ4v) is 2.59. The van der Waals surface area contributed by atoms with E-state index in [1.807, 2.05) is 25.1 Å². The number of hydrogen-bond acceptors (Lipinski definition) is 6. The summed E-state index contributed by atoms with van der Waals surface area (Å²) in [5.74, 6) is 0.286. The van der Waals surface area contributed by atoms with Gasteiger partial charge in [-0.05, 0) is 25.1 Å². The van der Waals surface area contributed by atoms with Crippen molar-refractivity contribution in [3.63, 3.8) is 0 Å². The van der Waals surface area contributed by atoms with Crippen LogP contribution in [0.4, 0.5) is 0 Å². The number of carbonyl (C=O) groups is 1. The molecule has 0 radical (unpaired) electrons. The van der Waals surface area contributed by atoms with E-state index >= 15 is 0 Å². The van der Waals surface area contributed by atoms with Crippen LogP contribution >= 0.6 is 11.3 Å². The van der Waals surface area contributed by atoms with Gasteiger partial charge in [0.2, 0.25) is 0 Å². The van der Waals surface area contributed by atoms with Crippen molar-refractivity contribution in [3.05, 3.63) is 59.1 Å². The van der Waals surface area contributed by atoms with E-state index in [0.717, 1.165) is 11.4 Å². The number of thiazole rings is 1. The molecule has 1 amide bonds. The van der Waals surface area contributed by atoms with Crippen LogP contribution in [0.15, 0.2) is 42.0 Å². The summed E-state index contributed by atoms with van der Waals surface area (Å²) in [7, 11) is 0. The van der Waals surface area contributed by atoms with E-state index in [-0.39, 0.29) is 5.91 Å². The maximum Gasteiger partial charge on any atom is 0.271 e. The van der Waals surface area contributed by atoms with Crippen molar-refractivity contribution in [2.24, 2.45) is 0 Å². The Bertz CT molecular complexity index is 787. The van der Waals surface area contributed by atoms with Crippen molar-refractivity contribution >= 4 is 17.2 Å². The number of pyridine rings is 1. The summed E-state index contributed by atoms with van der Waals surface area (Å²) in [5.41, 5.74) is 2.10. The lowest BCUT2D eigenvalue weighted by Crippen LogP contribution is -2.23. The Morgan fingerprint density at radius 1 is 1.18 bits per heavy atom. The molecule has 0 aliphatic heterocycles. The lowest BCUT2D eigenvalue weighted by atomic mass is 10.3. The smallest absolute Gasteiger partial charge is 0.271 e. The highest BCUT2D eigenvalue weighted by molar-refractivity contribution is 7.13. The zero-order chi connectivity index (χ0) is 15.4. The SMILES string of the molecule is Cc1cccc(CNC(=O)c2csc(-c3ncccn3)n2)n1. The van der Waals surface area contributed by atoms with Gasteiger partial charge in [0.1, 0.15) is 5.69 Å². The first-order chi connectivity index (χ1) is 10.7. The zero-order valence-corrected chi connectivity index (χ0v) is 12.7. The maximum absolute atomic E-state index is 12.1. The average Bonchev–Trinajstić information content (AvgIpc) is 3.04. The molecule has 0 atom stereocenters. The number of aryl methyl sites for hydroxylation is 1. The first-order valence-electron chi connectivity index (χ1n) is 6.66. The van der Waals surface area contributed by atoms with E-state index in [2.05, 4.69) is 25.3 Å². The topological polar surface area (TPSA) is 80.7 Å². The lowest BCUT2D eigenvalue weighted by Gasteiger charge is -2.03. The average molecular weight is 311 g/mol. The molecule has 1 N–H and O–H groups in total. The predicted molar refractivity (Wildman–Crippen MR) is 83.3 cm³/mol. The minimum atomic E-state index is -0.235. The second-order valence-corrected chi connectivity index (χ2v) is 5.42. The monoisotopic (exact) mass is 311 g/mol. The first kappa shape index (κ1) is 14.3. The third-order valence-electron chi connectivity index (χ3n) is 2.87. The summed E-state index contributed by atoms with van der Waals surface area (Å²) < 4.78 is 0. The number of rotatable bonds is 4. The number of hydrogen-bond donors (Lipinski definition) is 1. The third-order valence-corrected chi connectivity index (χ3v) is 3.71. The van der Waals surface area contributed by atoms with Crippen LogP contribution in [0.3, 0.4) is 0 Å². The van der Waals surface area contributed by atoms with E-state index in [0.29, 0.717) is 23.1 Å². The molecule has 0 saturated carbocycles. The van der Waals surface area contributed by atoms with Crippen LogP contribution in [0.25, 0.3) is 10.8 Å². The summed E-state index contributed by atoms with van der Waals surface area (Å²) in [4.78, 5) is 29.0. The molecule has 0 spiro atoms. The molecule has 110 valence electrons. The van der Waals surface area contributed by atoms with Crippen LogP contribution < -0.4 is 5.32 Å². The summed E-state index contributed by atoms with van der Waals surface area (Å²) in [6.07, 6.45) is 3.29. The molecule has 0 saturated heterocycles. The predicted octanol–water partition coefficient (Wildman–Crippen LogP) is 2.23. The number of aromatic nitrogens is 4. The van der Waals surface area contributed by atoms with Crippen LogP contribution in [-0.4, -0.2) is 25.8 Å². The van der Waals surface area contributed by atoms with Gasteiger partial charge in [0.05, 0.1) is 12.2 Å². The van der Waals surface area contributed by atoms with Gasteiger partial charge >= 0.3 is 0 Å². The Labute approximate surface area is 131 Å². The molecule has 0 aliphatic carbocycles. The van der Waals surface area contributed by atoms with E-state index in [1.54, 1.807) is 23.8 Å². The van der Waals surface area contributed by atoms with Gasteiger partial charge in [-0.3, -0.25) is 9.78 Å². The zero-order valence-electron chi connectivity index (χ0n) is 11.9. The minimum Gasteiger partial charge on any atom is -0.345 e. The number of nitrogens with zero attached hydrogens (tertiary/aromatic N) is 4. The Morgan fingerprint density at radius 2 is 2.00 bits per heavy atom. The van der Waals surface area contributed by atoms with Gasteiger partial charge in [-0.25, -0.2) is 15.0 Å². The molecule has 7 heteroatoms. The third kappa shape index (κ3) is 3.32. The summed E-state index contributed by atoms with van der Waals surface area (Å²) in [6, 6.07) is 7.44. The second-order valence-electron chi connectivity index (χ2n) is 4.56. The van der Waals surface area contributed by atoms with Crippen LogP contribution in [-0.2, 0) is 6.54 Å². The van der Waals surface area contributed by atoms with Gasteiger partial charge in [0.25, 0.3) is 5.91 Å². The maximum atomic E-state index is 12.1. The van der Waals surface area contributed by atoms with Crippen molar-refractivity contribution in [1.82, 2.24) is 25.3 Å². The van der Waals surface area contributed by atoms with Gasteiger partial charge in [0, 0.05) is 23.5 Å². The molecule has 3 aromatic heterocycles. The highest BCUT2D eigenvalue weighted by Crippen LogP contribution is 2.19. The fourth-order valence-electron chi connectivity index (χ4n) is 1.85. The van der Waals surface area contributed by atoms with Crippen LogP contribution in [0.2, 0.25) is 0 Å². The molecule has 3 aromatic rings. The molecule has 0 aromatic carbocycles. The van der Waals surface area contributed by atoms with E-state index < -0.39 is 0 Å². The van der Waals surface area contributed by atoms with Gasteiger partial charge in [-0.2, -0.15) is 0 Å². The second kappa shape index (κ2) is 6.40. The minimum absolute atomic E-state index is 0.235. The van der Waals surface area contributed by atoms with Crippen molar-refractivity contribution in [1.29, 1.82) is 0 Å². The molecule has 0 aliphatic rings. The Kier molecular flexibility index (Phi) is 4.15. The van der Waals surface area contributed by atoms with Gasteiger partial charge in [-0.1, -0.05) is 6.07 Å². The van der Waals surface area contributed by atoms with Crippen molar-refractivity contribution in [3.8, 4) is 10.8 Å². The van der Waals surface area contributed by atoms with Crippen molar-refractivity contribution in [2.45, 2.75) is 13.5 Å². The standard InChI is InChI=1S/C15H13N5OS/c1-10-4-2-5-11(19-10)8-18-14(21)12-9-22-15(20-12)13-16-6-3-7-17-13/h2-7,9H,8H2,1H3,(H,18,21). The number of carbonyl (C=O) groups excluding carboxylic acids is 1. The lowest BCUT2D eigenvalue weighted by molar-refractivity contribution is 0.0946. The van der Waals surface area contributed by atoms with E-state index in [4.69, 9.17) is 0 Å². The summed E-state index contributed by atoms with van der Waals surface area (Å²) >= 11 is 1.34. The van der Waals surface area contributed by atoms with Crippen LogP contribution in [0.1, 0.15) is 21.9 Å². The van der Waals surface area contributed by atoms with Crippen molar-refractivity contribution < 1.29 is 4.79 Å². The largest absolute Gasteiger partial charge is 0.345 e. The molecule has 3 rings (SSSR count). The molecule has 3 heterocycles. The quantitative estimate of drug-likeness (QED) is 0.799. The molecule has 0 unspecified atom stereocenters.